The maximum Gasteiger partial charge on any atom is 0.255 e. The van der Waals surface area contributed by atoms with Crippen LogP contribution < -0.4 is 4.74 Å². The Kier molecular flexibility index (Phi) is 6.59. The average molecular weight is 423 g/mol. The fourth-order valence-corrected chi connectivity index (χ4v) is 3.90. The molecule has 8 heteroatoms. The molecule has 28 heavy (non-hydrogen) atoms. The van der Waals surface area contributed by atoms with Crippen molar-refractivity contribution in [2.24, 2.45) is 0 Å². The molecule has 1 saturated heterocycles. The van der Waals surface area contributed by atoms with Gasteiger partial charge in [-0.15, -0.1) is 0 Å². The van der Waals surface area contributed by atoms with Crippen molar-refractivity contribution < 1.29 is 17.9 Å². The molecule has 0 spiro atoms. The lowest BCUT2D eigenvalue weighted by molar-refractivity contribution is 0.0620. The maximum absolute atomic E-state index is 12.8. The van der Waals surface area contributed by atoms with Crippen molar-refractivity contribution in [1.82, 2.24) is 9.80 Å². The minimum absolute atomic E-state index is 0.0944. The highest BCUT2D eigenvalue weighted by atomic mass is 35.5. The van der Waals surface area contributed by atoms with E-state index in [2.05, 4.69) is 4.90 Å². The summed E-state index contributed by atoms with van der Waals surface area (Å²) in [4.78, 5) is 16.9. The molecule has 1 amide bonds. The molecular weight excluding hydrogens is 400 g/mol. The fraction of sp³-hybridized carbons (Fsp3) is 0.350. The molecule has 1 aliphatic heterocycles. The summed E-state index contributed by atoms with van der Waals surface area (Å²) in [5.41, 5.74) is 0.227. The number of nitrogens with zero attached hydrogens (tertiary/aromatic N) is 2. The van der Waals surface area contributed by atoms with Crippen molar-refractivity contribution in [3.05, 3.63) is 59.1 Å². The molecule has 0 N–H and O–H groups in total. The highest BCUT2D eigenvalue weighted by Crippen LogP contribution is 2.22. The van der Waals surface area contributed by atoms with E-state index in [4.69, 9.17) is 16.3 Å². The van der Waals surface area contributed by atoms with Gasteiger partial charge in [0, 0.05) is 39.0 Å². The normalized spacial score (nSPS) is 15.4. The van der Waals surface area contributed by atoms with Gasteiger partial charge in [-0.3, -0.25) is 9.69 Å². The largest absolute Gasteiger partial charge is 0.492 e. The number of rotatable bonds is 6. The predicted molar refractivity (Wildman–Crippen MR) is 109 cm³/mol. The first-order valence-electron chi connectivity index (χ1n) is 9.04. The van der Waals surface area contributed by atoms with Crippen LogP contribution in [-0.4, -0.2) is 69.7 Å². The highest BCUT2D eigenvalue weighted by Gasteiger charge is 2.24. The number of sulfone groups is 1. The monoisotopic (exact) mass is 422 g/mol. The van der Waals surface area contributed by atoms with E-state index in [1.807, 2.05) is 30.3 Å². The molecule has 1 heterocycles. The predicted octanol–water partition coefficient (Wildman–Crippen LogP) is 2.58. The van der Waals surface area contributed by atoms with Gasteiger partial charge in [0.1, 0.15) is 12.4 Å². The highest BCUT2D eigenvalue weighted by molar-refractivity contribution is 7.90. The smallest absolute Gasteiger partial charge is 0.255 e. The first-order valence-corrected chi connectivity index (χ1v) is 11.3. The number of ether oxygens (including phenoxy) is 1. The number of para-hydroxylation sites is 1. The van der Waals surface area contributed by atoms with Gasteiger partial charge in [-0.05, 0) is 30.3 Å². The molecule has 0 unspecified atom stereocenters. The molecule has 0 saturated carbocycles. The maximum atomic E-state index is 12.8. The second-order valence-corrected chi connectivity index (χ2v) is 9.13. The number of halogens is 1. The Balaban J connectivity index is 1.54. The number of hydrogen-bond donors (Lipinski definition) is 0. The Morgan fingerprint density at radius 2 is 1.75 bits per heavy atom. The number of amides is 1. The van der Waals surface area contributed by atoms with Crippen molar-refractivity contribution >= 4 is 27.3 Å². The summed E-state index contributed by atoms with van der Waals surface area (Å²) < 4.78 is 29.2. The minimum atomic E-state index is -3.40. The van der Waals surface area contributed by atoms with Crippen LogP contribution >= 0.6 is 11.6 Å². The average Bonchev–Trinajstić information content (AvgIpc) is 2.68. The number of benzene rings is 2. The minimum Gasteiger partial charge on any atom is -0.492 e. The second kappa shape index (κ2) is 8.94. The van der Waals surface area contributed by atoms with E-state index in [0.717, 1.165) is 31.6 Å². The summed E-state index contributed by atoms with van der Waals surface area (Å²) in [5.74, 6) is 0.604. The van der Waals surface area contributed by atoms with Crippen LogP contribution in [0.1, 0.15) is 10.4 Å². The van der Waals surface area contributed by atoms with E-state index < -0.39 is 9.84 Å². The SMILES string of the molecule is CS(=O)(=O)c1ccc(Cl)c(C(=O)N2CCN(CCOc3ccccc3)CC2)c1. The van der Waals surface area contributed by atoms with E-state index in [1.165, 1.54) is 18.2 Å². The van der Waals surface area contributed by atoms with E-state index in [9.17, 15) is 13.2 Å². The van der Waals surface area contributed by atoms with Crippen LogP contribution in [0.15, 0.2) is 53.4 Å². The van der Waals surface area contributed by atoms with Gasteiger partial charge in [-0.2, -0.15) is 0 Å². The van der Waals surface area contributed by atoms with E-state index >= 15 is 0 Å². The molecule has 1 aliphatic rings. The quantitative estimate of drug-likeness (QED) is 0.715. The van der Waals surface area contributed by atoms with E-state index in [1.54, 1.807) is 4.90 Å². The second-order valence-electron chi connectivity index (χ2n) is 6.71. The topological polar surface area (TPSA) is 66.9 Å². The van der Waals surface area contributed by atoms with Crippen LogP contribution in [0.3, 0.4) is 0 Å². The Morgan fingerprint density at radius 3 is 2.39 bits per heavy atom. The van der Waals surface area contributed by atoms with Gasteiger partial charge >= 0.3 is 0 Å². The van der Waals surface area contributed by atoms with Crippen molar-refractivity contribution in [2.45, 2.75) is 4.90 Å². The zero-order valence-electron chi connectivity index (χ0n) is 15.7. The number of carbonyl (C=O) groups excluding carboxylic acids is 1. The lowest BCUT2D eigenvalue weighted by Gasteiger charge is -2.34. The standard InChI is InChI=1S/C20H23ClN2O4S/c1-28(25,26)17-7-8-19(21)18(15-17)20(24)23-11-9-22(10-12-23)13-14-27-16-5-3-2-4-6-16/h2-8,15H,9-14H2,1H3. The molecular formula is C20H23ClN2O4S. The molecule has 2 aromatic rings. The number of piperazine rings is 1. The van der Waals surface area contributed by atoms with Gasteiger partial charge < -0.3 is 9.64 Å². The Morgan fingerprint density at radius 1 is 1.07 bits per heavy atom. The van der Waals surface area contributed by atoms with Gasteiger partial charge in [0.05, 0.1) is 15.5 Å². The Bertz CT molecular complexity index is 926. The van der Waals surface area contributed by atoms with Gasteiger partial charge in [0.25, 0.3) is 5.91 Å². The first kappa shape index (κ1) is 20.6. The lowest BCUT2D eigenvalue weighted by atomic mass is 10.1. The van der Waals surface area contributed by atoms with Crippen LogP contribution in [0.4, 0.5) is 0 Å². The summed E-state index contributed by atoms with van der Waals surface area (Å²) in [6, 6.07) is 13.9. The van der Waals surface area contributed by atoms with Crippen LogP contribution in [-0.2, 0) is 9.84 Å². The summed E-state index contributed by atoms with van der Waals surface area (Å²) >= 11 is 6.15. The third-order valence-corrected chi connectivity index (χ3v) is 6.12. The van der Waals surface area contributed by atoms with Crippen molar-refractivity contribution in [1.29, 1.82) is 0 Å². The van der Waals surface area contributed by atoms with Crippen molar-refractivity contribution in [3.63, 3.8) is 0 Å². The Labute approximate surface area is 170 Å². The van der Waals surface area contributed by atoms with Gasteiger partial charge in [0.2, 0.25) is 0 Å². The van der Waals surface area contributed by atoms with Crippen LogP contribution in [0, 0.1) is 0 Å². The summed E-state index contributed by atoms with van der Waals surface area (Å²) in [5, 5.41) is 0.260. The van der Waals surface area contributed by atoms with E-state index in [-0.39, 0.29) is 21.4 Å². The summed E-state index contributed by atoms with van der Waals surface area (Å²) in [7, 11) is -3.40. The first-order chi connectivity index (χ1) is 13.3. The fourth-order valence-electron chi connectivity index (χ4n) is 3.05. The van der Waals surface area contributed by atoms with E-state index in [0.29, 0.717) is 19.7 Å². The molecule has 0 aromatic heterocycles. The van der Waals surface area contributed by atoms with Gasteiger partial charge in [-0.1, -0.05) is 29.8 Å². The Hall–Kier alpha value is -2.09. The lowest BCUT2D eigenvalue weighted by Crippen LogP contribution is -2.49. The van der Waals surface area contributed by atoms with Crippen molar-refractivity contribution in [2.75, 3.05) is 45.6 Å². The molecule has 1 fully saturated rings. The van der Waals surface area contributed by atoms with Crippen LogP contribution in [0.5, 0.6) is 5.75 Å². The molecule has 0 atom stereocenters. The van der Waals surface area contributed by atoms with Crippen LogP contribution in [0.25, 0.3) is 0 Å². The molecule has 3 rings (SSSR count). The van der Waals surface area contributed by atoms with Crippen LogP contribution in [0.2, 0.25) is 5.02 Å². The van der Waals surface area contributed by atoms with Crippen molar-refractivity contribution in [3.8, 4) is 5.75 Å². The molecule has 0 radical (unpaired) electrons. The molecule has 0 bridgehead atoms. The third-order valence-electron chi connectivity index (χ3n) is 4.68. The van der Waals surface area contributed by atoms with Gasteiger partial charge in [-0.25, -0.2) is 8.42 Å². The molecule has 0 aliphatic carbocycles. The molecule has 150 valence electrons. The molecule has 2 aromatic carbocycles. The third kappa shape index (κ3) is 5.25. The number of carbonyl (C=O) groups is 1. The zero-order valence-corrected chi connectivity index (χ0v) is 17.2. The summed E-state index contributed by atoms with van der Waals surface area (Å²) in [6.07, 6.45) is 1.11. The summed E-state index contributed by atoms with van der Waals surface area (Å²) in [6.45, 7) is 3.94. The zero-order chi connectivity index (χ0) is 20.1. The van der Waals surface area contributed by atoms with Gasteiger partial charge in [0.15, 0.2) is 9.84 Å². The number of hydrogen-bond acceptors (Lipinski definition) is 5. The molecule has 6 nitrogen and oxygen atoms in total.